The van der Waals surface area contributed by atoms with E-state index in [2.05, 4.69) is 18.2 Å². The smallest absolute Gasteiger partial charge is 0.238 e. The average molecular weight is 413 g/mol. The van der Waals surface area contributed by atoms with Crippen molar-refractivity contribution in [1.82, 2.24) is 0 Å². The molecule has 2 heterocycles. The predicted molar refractivity (Wildman–Crippen MR) is 121 cm³/mol. The monoisotopic (exact) mass is 412 g/mol. The number of imide groups is 1. The molecule has 30 heavy (non-hydrogen) atoms. The van der Waals surface area contributed by atoms with Crippen LogP contribution in [0.3, 0.4) is 0 Å². The quantitative estimate of drug-likeness (QED) is 0.432. The maximum Gasteiger partial charge on any atom is 0.238 e. The van der Waals surface area contributed by atoms with E-state index in [4.69, 9.17) is 4.99 Å². The van der Waals surface area contributed by atoms with Crippen LogP contribution in [-0.2, 0) is 9.59 Å². The van der Waals surface area contributed by atoms with E-state index >= 15 is 0 Å². The number of benzene rings is 3. The number of fused-ring (bicyclic) bond motifs is 3. The van der Waals surface area contributed by atoms with Crippen LogP contribution in [0.15, 0.2) is 59.6 Å². The van der Waals surface area contributed by atoms with Gasteiger partial charge in [0.2, 0.25) is 11.8 Å². The Morgan fingerprint density at radius 3 is 2.13 bits per heavy atom. The summed E-state index contributed by atoms with van der Waals surface area (Å²) >= 11 is 1.77. The predicted octanol–water partition coefficient (Wildman–Crippen LogP) is 4.65. The molecule has 148 valence electrons. The van der Waals surface area contributed by atoms with E-state index in [1.165, 1.54) is 0 Å². The molecule has 0 N–H and O–H groups in total. The highest BCUT2D eigenvalue weighted by Crippen LogP contribution is 2.59. The van der Waals surface area contributed by atoms with Gasteiger partial charge >= 0.3 is 0 Å². The van der Waals surface area contributed by atoms with Gasteiger partial charge in [-0.3, -0.25) is 14.6 Å². The molecule has 0 radical (unpaired) electrons. The fourth-order valence-electron chi connectivity index (χ4n) is 6.61. The standard InChI is InChI=1S/C25H20N2O2S/c28-24-19-17-9-10-18(23-21(17)26-12-30-23)20(19)25(29)27(24)22-15-7-3-1-5-13(15)11-14-6-2-4-8-16(14)22/h1-8,11-12,17-21,23H,9-10H2/t17-,18+,19?,20?,21+,23-/m0/s1. The minimum absolute atomic E-state index is 0.00663. The summed E-state index contributed by atoms with van der Waals surface area (Å²) in [6.45, 7) is 0. The summed E-state index contributed by atoms with van der Waals surface area (Å²) in [5.41, 5.74) is 2.72. The minimum atomic E-state index is -0.217. The van der Waals surface area contributed by atoms with Crippen molar-refractivity contribution >= 4 is 56.4 Å². The van der Waals surface area contributed by atoms with E-state index in [1.54, 1.807) is 16.7 Å². The lowest BCUT2D eigenvalue weighted by molar-refractivity contribution is -0.129. The Morgan fingerprint density at radius 1 is 0.833 bits per heavy atom. The van der Waals surface area contributed by atoms with E-state index in [9.17, 15) is 9.59 Å². The largest absolute Gasteiger partial charge is 0.282 e. The topological polar surface area (TPSA) is 49.7 Å². The first-order chi connectivity index (χ1) is 14.7. The molecule has 3 aromatic carbocycles. The molecule has 5 heteroatoms. The molecule has 6 atom stereocenters. The molecule has 4 fully saturated rings. The lowest BCUT2D eigenvalue weighted by Crippen LogP contribution is -2.54. The molecule has 8 rings (SSSR count). The van der Waals surface area contributed by atoms with Gasteiger partial charge in [0.05, 0.1) is 29.1 Å². The third kappa shape index (κ3) is 2.01. The van der Waals surface area contributed by atoms with Crippen molar-refractivity contribution in [3.63, 3.8) is 0 Å². The Labute approximate surface area is 178 Å². The van der Waals surface area contributed by atoms with Gasteiger partial charge in [-0.25, -0.2) is 4.90 Å². The molecule has 0 aromatic heterocycles. The number of amides is 2. The van der Waals surface area contributed by atoms with Crippen LogP contribution >= 0.6 is 11.8 Å². The van der Waals surface area contributed by atoms with Crippen molar-refractivity contribution in [3.05, 3.63) is 54.6 Å². The van der Waals surface area contributed by atoms with Gasteiger partial charge in [-0.15, -0.1) is 11.8 Å². The Morgan fingerprint density at radius 2 is 1.43 bits per heavy atom. The van der Waals surface area contributed by atoms with Gasteiger partial charge in [-0.2, -0.15) is 0 Å². The van der Waals surface area contributed by atoms with Gasteiger partial charge in [0.1, 0.15) is 0 Å². The molecule has 5 aliphatic rings. The second-order valence-electron chi connectivity index (χ2n) is 8.98. The summed E-state index contributed by atoms with van der Waals surface area (Å²) in [6, 6.07) is 18.5. The fourth-order valence-corrected chi connectivity index (χ4v) is 7.90. The Kier molecular flexibility index (Phi) is 3.38. The second kappa shape index (κ2) is 5.94. The van der Waals surface area contributed by atoms with Crippen molar-refractivity contribution < 1.29 is 9.59 Å². The van der Waals surface area contributed by atoms with E-state index in [-0.39, 0.29) is 41.5 Å². The molecule has 2 bridgehead atoms. The van der Waals surface area contributed by atoms with Gasteiger partial charge in [0.25, 0.3) is 0 Å². The van der Waals surface area contributed by atoms with Crippen LogP contribution in [0.4, 0.5) is 5.69 Å². The van der Waals surface area contributed by atoms with Gasteiger partial charge < -0.3 is 0 Å². The highest BCUT2D eigenvalue weighted by Gasteiger charge is 2.65. The Hall–Kier alpha value is -2.66. The number of aliphatic imine (C=N–C) groups is 1. The first-order valence-corrected chi connectivity index (χ1v) is 11.6. The number of carbonyl (C=O) groups excluding carboxylic acids is 2. The summed E-state index contributed by atoms with van der Waals surface area (Å²) in [5, 5.41) is 4.42. The molecule has 1 saturated heterocycles. The lowest BCUT2D eigenvalue weighted by Gasteiger charge is -2.49. The lowest BCUT2D eigenvalue weighted by atomic mass is 9.57. The molecular formula is C25H20N2O2S. The zero-order valence-electron chi connectivity index (χ0n) is 16.3. The zero-order valence-corrected chi connectivity index (χ0v) is 17.1. The van der Waals surface area contributed by atoms with Crippen molar-refractivity contribution in [2.24, 2.45) is 28.7 Å². The van der Waals surface area contributed by atoms with Crippen LogP contribution in [0, 0.1) is 23.7 Å². The molecule has 3 saturated carbocycles. The summed E-state index contributed by atoms with van der Waals surface area (Å²) in [5.74, 6) is 0.0357. The number of hydrogen-bond acceptors (Lipinski definition) is 4. The van der Waals surface area contributed by atoms with Crippen molar-refractivity contribution in [1.29, 1.82) is 0 Å². The molecule has 2 aliphatic heterocycles. The van der Waals surface area contributed by atoms with E-state index in [0.717, 1.165) is 40.1 Å². The number of carbonyl (C=O) groups is 2. The van der Waals surface area contributed by atoms with E-state index in [0.29, 0.717) is 5.25 Å². The number of rotatable bonds is 1. The fraction of sp³-hybridized carbons (Fsp3) is 0.320. The van der Waals surface area contributed by atoms with Crippen LogP contribution < -0.4 is 4.90 Å². The van der Waals surface area contributed by atoms with Crippen LogP contribution in [0.2, 0.25) is 0 Å². The van der Waals surface area contributed by atoms with Crippen molar-refractivity contribution in [2.45, 2.75) is 24.1 Å². The molecular weight excluding hydrogens is 392 g/mol. The maximum absolute atomic E-state index is 13.9. The maximum atomic E-state index is 13.9. The first kappa shape index (κ1) is 17.1. The summed E-state index contributed by atoms with van der Waals surface area (Å²) in [4.78, 5) is 34.0. The molecule has 3 aliphatic carbocycles. The molecule has 0 spiro atoms. The molecule has 3 aromatic rings. The van der Waals surface area contributed by atoms with Crippen LogP contribution in [0.1, 0.15) is 12.8 Å². The van der Waals surface area contributed by atoms with Crippen molar-refractivity contribution in [3.8, 4) is 0 Å². The summed E-state index contributed by atoms with van der Waals surface area (Å²) in [7, 11) is 0. The number of thioether (sulfide) groups is 1. The average Bonchev–Trinajstić information content (AvgIpc) is 3.38. The van der Waals surface area contributed by atoms with Gasteiger partial charge in [0.15, 0.2) is 0 Å². The van der Waals surface area contributed by atoms with Crippen LogP contribution in [0.5, 0.6) is 0 Å². The summed E-state index contributed by atoms with van der Waals surface area (Å²) in [6.07, 6.45) is 2.04. The Bertz CT molecular complexity index is 1230. The normalized spacial score (nSPS) is 34.2. The zero-order chi connectivity index (χ0) is 20.0. The number of nitrogens with zero attached hydrogens (tertiary/aromatic N) is 2. The summed E-state index contributed by atoms with van der Waals surface area (Å²) < 4.78 is 0. The van der Waals surface area contributed by atoms with E-state index in [1.807, 2.05) is 41.9 Å². The minimum Gasteiger partial charge on any atom is -0.282 e. The second-order valence-corrected chi connectivity index (χ2v) is 10.0. The highest BCUT2D eigenvalue weighted by atomic mass is 32.2. The van der Waals surface area contributed by atoms with Crippen molar-refractivity contribution in [2.75, 3.05) is 4.90 Å². The van der Waals surface area contributed by atoms with Gasteiger partial charge in [0, 0.05) is 16.0 Å². The highest BCUT2D eigenvalue weighted by molar-refractivity contribution is 8.13. The van der Waals surface area contributed by atoms with Gasteiger partial charge in [-0.05, 0) is 41.5 Å². The Balaban J connectivity index is 1.46. The third-order valence-electron chi connectivity index (χ3n) is 7.77. The van der Waals surface area contributed by atoms with E-state index < -0.39 is 0 Å². The molecule has 2 unspecified atom stereocenters. The SMILES string of the molecule is O=C1C2C(C(=O)N1c1c3ccccc3cc3ccccc13)[C@@H]1CC[C@H]2[C@@H]2SC=N[C@@H]21. The molecule has 4 nitrogen and oxygen atoms in total. The van der Waals surface area contributed by atoms with Crippen LogP contribution in [0.25, 0.3) is 21.5 Å². The van der Waals surface area contributed by atoms with Gasteiger partial charge in [-0.1, -0.05) is 48.5 Å². The first-order valence-electron chi connectivity index (χ1n) is 10.7. The molecule has 2 amide bonds. The number of hydrogen-bond donors (Lipinski definition) is 0. The van der Waals surface area contributed by atoms with Crippen LogP contribution in [-0.4, -0.2) is 28.7 Å². The third-order valence-corrected chi connectivity index (χ3v) is 8.95. The number of anilines is 1.